The Morgan fingerprint density at radius 3 is 1.87 bits per heavy atom. The summed E-state index contributed by atoms with van der Waals surface area (Å²) < 4.78 is 116. The third kappa shape index (κ3) is 11.1. The van der Waals surface area contributed by atoms with Crippen LogP contribution in [0, 0.1) is 29.3 Å². The van der Waals surface area contributed by atoms with Crippen LogP contribution in [0.5, 0.6) is 11.5 Å². The van der Waals surface area contributed by atoms with Gasteiger partial charge in [-0.05, 0) is 72.4 Å². The van der Waals surface area contributed by atoms with Crippen LogP contribution in [0.25, 0.3) is 21.8 Å². The number of hydrogen-bond donors (Lipinski definition) is 4. The van der Waals surface area contributed by atoms with Crippen LogP contribution in [0.3, 0.4) is 0 Å². The van der Waals surface area contributed by atoms with Crippen molar-refractivity contribution >= 4 is 53.0 Å². The van der Waals surface area contributed by atoms with Gasteiger partial charge >= 0.3 is 25.5 Å². The molecule has 69 heavy (non-hydrogen) atoms. The number of alkyl carbamates (subject to hydrolysis) is 1. The van der Waals surface area contributed by atoms with Gasteiger partial charge in [0.15, 0.2) is 23.1 Å². The lowest BCUT2D eigenvalue weighted by Gasteiger charge is -2.31. The van der Waals surface area contributed by atoms with Crippen molar-refractivity contribution in [1.82, 2.24) is 19.8 Å². The van der Waals surface area contributed by atoms with Crippen molar-refractivity contribution in [2.45, 2.75) is 89.1 Å². The van der Waals surface area contributed by atoms with Crippen LogP contribution in [-0.2, 0) is 9.39 Å². The molecule has 4 aliphatic rings. The molecule has 4 atom stereocenters. The molecule has 2 aromatic carbocycles. The molecule has 8 rings (SSSR count). The minimum Gasteiger partial charge on any atom is -0.492 e. The van der Waals surface area contributed by atoms with Crippen LogP contribution >= 0.6 is 0 Å². The van der Waals surface area contributed by atoms with Gasteiger partial charge in [-0.15, -0.1) is 0 Å². The maximum Gasteiger partial charge on any atom is 0.798 e. The number of nitrogens with zero attached hydrogens (tertiary/aromatic N) is 3. The van der Waals surface area contributed by atoms with Crippen LogP contribution in [0.1, 0.15) is 93.1 Å². The molecule has 2 aliphatic carbocycles. The summed E-state index contributed by atoms with van der Waals surface area (Å²) in [5.41, 5.74) is 1.83. The number of benzene rings is 2. The molecule has 2 aliphatic heterocycles. The van der Waals surface area contributed by atoms with Crippen LogP contribution in [0.4, 0.5) is 41.1 Å². The van der Waals surface area contributed by atoms with E-state index in [2.05, 4.69) is 15.3 Å². The largest absolute Gasteiger partial charge is 0.798 e. The molecule has 1 amide bonds. The lowest BCUT2D eigenvalue weighted by molar-refractivity contribution is 0.0440. The molecule has 376 valence electrons. The average Bonchev–Trinajstić information content (AvgIpc) is 4.20. The van der Waals surface area contributed by atoms with E-state index in [-0.39, 0.29) is 58.8 Å². The minimum atomic E-state index is -3.40. The summed E-state index contributed by atoms with van der Waals surface area (Å²) in [6.45, 7) is 9.48. The van der Waals surface area contributed by atoms with Gasteiger partial charge in [0.25, 0.3) is 0 Å². The Hall–Kier alpha value is -6.04. The fourth-order valence-electron chi connectivity index (χ4n) is 8.53. The molecule has 2 aromatic heterocycles. The maximum absolute atomic E-state index is 15.2. The predicted molar refractivity (Wildman–Crippen MR) is 241 cm³/mol. The fourth-order valence-corrected chi connectivity index (χ4v) is 8.53. The van der Waals surface area contributed by atoms with E-state index in [9.17, 15) is 55.3 Å². The number of halogens is 7. The first-order valence-corrected chi connectivity index (χ1v) is 22.0. The molecule has 0 radical (unpaired) electrons. The number of amides is 1. The summed E-state index contributed by atoms with van der Waals surface area (Å²) in [5.74, 6) is -7.26. The van der Waals surface area contributed by atoms with Gasteiger partial charge in [-0.2, -0.15) is 4.39 Å². The van der Waals surface area contributed by atoms with Crippen LogP contribution in [-0.4, -0.2) is 110 Å². The Morgan fingerprint density at radius 1 is 0.870 bits per heavy atom. The van der Waals surface area contributed by atoms with Crippen LogP contribution < -0.4 is 41.6 Å². The second-order valence-corrected chi connectivity index (χ2v) is 19.0. The first kappa shape index (κ1) is 52.3. The molecule has 4 fully saturated rings. The van der Waals surface area contributed by atoms with Gasteiger partial charge in [0.05, 0.1) is 54.9 Å². The highest BCUT2D eigenvalue weighted by Gasteiger charge is 2.43. The number of aromatic carboxylic acids is 1. The number of alkyl halides is 2. The number of hydrogen-bond acceptors (Lipinski definition) is 12. The number of aromatic nitrogens is 2. The number of ether oxygens (including phenoxy) is 3. The number of carbonyl (C=O) groups excluding carboxylic acids is 2. The summed E-state index contributed by atoms with van der Waals surface area (Å²) in [7, 11) is -0.922. The number of methoxy groups -OCH3 is 2. The molecule has 24 heteroatoms. The van der Waals surface area contributed by atoms with Gasteiger partial charge in [-0.1, -0.05) is 0 Å². The fraction of sp³-hybridized carbons (Fsp3) is 0.533. The molecule has 16 nitrogen and oxygen atoms in total. The lowest BCUT2D eigenvalue weighted by atomic mass is 9.90. The molecular weight excluding hydrogens is 928 g/mol. The zero-order valence-electron chi connectivity index (χ0n) is 39.0. The molecular formula is C45H54BF7N6O10. The highest BCUT2D eigenvalue weighted by atomic mass is 19.2. The first-order valence-electron chi connectivity index (χ1n) is 22.0. The summed E-state index contributed by atoms with van der Waals surface area (Å²) in [4.78, 5) is 61.6. The smallest absolute Gasteiger partial charge is 0.492 e. The summed E-state index contributed by atoms with van der Waals surface area (Å²) >= 11 is 0. The normalized spacial score (nSPS) is 22.0. The number of carboxylic acid groups (broad SMARTS) is 1. The molecule has 0 spiro atoms. The highest BCUT2D eigenvalue weighted by Crippen LogP contribution is 2.46. The number of anilines is 1. The van der Waals surface area contributed by atoms with Gasteiger partial charge in [-0.3, -0.25) is 18.4 Å². The van der Waals surface area contributed by atoms with E-state index in [4.69, 9.17) is 19.9 Å². The molecule has 2 saturated heterocycles. The van der Waals surface area contributed by atoms with E-state index in [1.807, 2.05) is 6.92 Å². The molecule has 2 saturated carbocycles. The first-order chi connectivity index (χ1) is 32.3. The Labute approximate surface area is 391 Å². The third-order valence-corrected chi connectivity index (χ3v) is 12.5. The van der Waals surface area contributed by atoms with Gasteiger partial charge in [0.1, 0.15) is 22.4 Å². The topological polar surface area (TPSA) is 206 Å². The number of carboxylic acids is 1. The number of rotatable bonds is 11. The van der Waals surface area contributed by atoms with Crippen molar-refractivity contribution in [2.24, 2.45) is 17.6 Å². The molecule has 0 unspecified atom stereocenters. The van der Waals surface area contributed by atoms with Crippen molar-refractivity contribution < 1.29 is 68.9 Å². The van der Waals surface area contributed by atoms with E-state index in [0.717, 1.165) is 32.2 Å². The van der Waals surface area contributed by atoms with Gasteiger partial charge < -0.3 is 54.4 Å². The monoisotopic (exact) mass is 982 g/mol. The SMILES string of the molecule is CC(C)(C)OC(=O)N[C@]1(C)CNC[C@@H]1CF.COc1c(F)c(F)cc2c(=O)c(C(=O)OB(F)F)cn(C3CC3)c12.COc1c(N2C[C@H](CF)[C@](C)(N)C2)c(F)cc2c(=O)c(C(=O)O)cn(C3CC3)c12. The molecule has 4 heterocycles. The number of nitrogens with two attached hydrogens (primary N) is 1. The Balaban J connectivity index is 0.000000178. The number of nitrogens with one attached hydrogen (secondary N) is 2. The standard InChI is InChI=1S/C20H23F2N3O4.C14H10BF4NO4.C11H21FN2O2/c1-20(23)9-24(7-10(20)6-21)16-14(22)5-12-15(18(16)29-2)25(11-3-4-11)8-13(17(12)26)19(27)28;1-23-13-10(17)9(16)4-7-11(13)20(6-2-3-6)5-8(12(7)21)14(22)24-15(18)19;1-10(2,3)16-9(15)14-11(4)7-13-6-8(11)5-12/h5,8,10-11H,3-4,6-7,9,23H2,1-2H3,(H,27,28);4-6H,2-3H2,1H3;8,13H,5-7H2,1-4H3,(H,14,15)/t10-,20+;;8-,11+/m0.0/s1. The van der Waals surface area contributed by atoms with Crippen LogP contribution in [0.2, 0.25) is 0 Å². The second kappa shape index (κ2) is 20.1. The van der Waals surface area contributed by atoms with E-state index in [1.54, 1.807) is 37.2 Å². The Kier molecular flexibility index (Phi) is 15.3. The number of pyridine rings is 2. The Bertz CT molecular complexity index is 2760. The number of fused-ring (bicyclic) bond motifs is 2. The average molecular weight is 983 g/mol. The van der Waals surface area contributed by atoms with Crippen molar-refractivity contribution in [3.8, 4) is 11.5 Å². The zero-order chi connectivity index (χ0) is 51.1. The van der Waals surface area contributed by atoms with Crippen molar-refractivity contribution in [3.05, 3.63) is 73.6 Å². The quantitative estimate of drug-likeness (QED) is 0.0941. The summed E-state index contributed by atoms with van der Waals surface area (Å²) in [6.07, 6.45) is 4.82. The van der Waals surface area contributed by atoms with Crippen molar-refractivity contribution in [1.29, 1.82) is 0 Å². The number of carbonyl (C=O) groups is 3. The van der Waals surface area contributed by atoms with E-state index in [1.165, 1.54) is 17.9 Å². The van der Waals surface area contributed by atoms with Gasteiger partial charge in [-0.25, -0.2) is 31.8 Å². The molecule has 4 aromatic rings. The summed E-state index contributed by atoms with van der Waals surface area (Å²) in [6, 6.07) is 1.51. The predicted octanol–water partition coefficient (Wildman–Crippen LogP) is 6.47. The maximum atomic E-state index is 15.2. The van der Waals surface area contributed by atoms with E-state index < -0.39 is 107 Å². The molecule has 5 N–H and O–H groups in total. The van der Waals surface area contributed by atoms with Gasteiger partial charge in [0, 0.05) is 68.0 Å². The lowest BCUT2D eigenvalue weighted by Crippen LogP contribution is -2.53. The van der Waals surface area contributed by atoms with Crippen molar-refractivity contribution in [3.63, 3.8) is 0 Å². The van der Waals surface area contributed by atoms with E-state index in [0.29, 0.717) is 37.5 Å². The third-order valence-electron chi connectivity index (χ3n) is 12.5. The zero-order valence-corrected chi connectivity index (χ0v) is 39.0. The molecule has 0 bridgehead atoms. The minimum absolute atomic E-state index is 0.0142. The van der Waals surface area contributed by atoms with Crippen LogP contribution in [0.15, 0.2) is 34.1 Å². The van der Waals surface area contributed by atoms with E-state index >= 15 is 4.39 Å². The highest BCUT2D eigenvalue weighted by molar-refractivity contribution is 6.38. The van der Waals surface area contributed by atoms with Gasteiger partial charge in [0.2, 0.25) is 16.7 Å². The Morgan fingerprint density at radius 2 is 1.39 bits per heavy atom. The van der Waals surface area contributed by atoms with Crippen molar-refractivity contribution in [2.75, 3.05) is 58.6 Å². The second-order valence-electron chi connectivity index (χ2n) is 19.0. The summed E-state index contributed by atoms with van der Waals surface area (Å²) in [5, 5.41) is 14.8.